The van der Waals surface area contributed by atoms with Gasteiger partial charge in [-0.15, -0.1) is 0 Å². The summed E-state index contributed by atoms with van der Waals surface area (Å²) in [6.07, 6.45) is 1.03. The lowest BCUT2D eigenvalue weighted by Crippen LogP contribution is -2.33. The molecule has 0 aliphatic carbocycles. The van der Waals surface area contributed by atoms with E-state index in [1.54, 1.807) is 0 Å². The van der Waals surface area contributed by atoms with Gasteiger partial charge in [-0.05, 0) is 18.3 Å². The van der Waals surface area contributed by atoms with Crippen molar-refractivity contribution in [3.05, 3.63) is 0 Å². The van der Waals surface area contributed by atoms with Gasteiger partial charge in [-0.25, -0.2) is 4.79 Å². The fourth-order valence-corrected chi connectivity index (χ4v) is 2.73. The molecule has 2 aliphatic rings. The number of hydrogen-bond donors (Lipinski definition) is 0. The van der Waals surface area contributed by atoms with Crippen LogP contribution in [0.5, 0.6) is 0 Å². The predicted octanol–water partition coefficient (Wildman–Crippen LogP) is 1.83. The van der Waals surface area contributed by atoms with Gasteiger partial charge in [0.05, 0.1) is 19.3 Å². The van der Waals surface area contributed by atoms with Crippen LogP contribution in [0.1, 0.15) is 20.3 Å². The second kappa shape index (κ2) is 4.00. The molecule has 0 aromatic rings. The molecule has 5 atom stereocenters. The van der Waals surface area contributed by atoms with Crippen molar-refractivity contribution in [1.82, 2.24) is 0 Å². The van der Waals surface area contributed by atoms with E-state index in [-0.39, 0.29) is 6.10 Å². The molecule has 0 radical (unpaired) electrons. The summed E-state index contributed by atoms with van der Waals surface area (Å²) >= 11 is 0. The minimum Gasteiger partial charge on any atom is -0.438 e. The van der Waals surface area contributed by atoms with Crippen molar-refractivity contribution in [3.8, 4) is 0 Å². The van der Waals surface area contributed by atoms with Gasteiger partial charge in [0.15, 0.2) is 0 Å². The summed E-state index contributed by atoms with van der Waals surface area (Å²) in [4.78, 5) is 10.8. The van der Waals surface area contributed by atoms with Crippen LogP contribution >= 0.6 is 0 Å². The maximum Gasteiger partial charge on any atom is 0.507 e. The van der Waals surface area contributed by atoms with Gasteiger partial charge in [0, 0.05) is 5.92 Å². The van der Waals surface area contributed by atoms with Crippen LogP contribution < -0.4 is 0 Å². The monoisotopic (exact) mass is 214 g/mol. The standard InChI is InChI=1S/C11H18O4/c1-6-7(2)10-8(4-9(6)15-10)5-14-11(12)13-3/h6-10H,4-5H2,1-3H3. The summed E-state index contributed by atoms with van der Waals surface area (Å²) in [5, 5.41) is 0. The van der Waals surface area contributed by atoms with Crippen LogP contribution in [0.2, 0.25) is 0 Å². The lowest BCUT2D eigenvalue weighted by Gasteiger charge is -2.27. The topological polar surface area (TPSA) is 44.8 Å². The first-order valence-corrected chi connectivity index (χ1v) is 5.49. The Labute approximate surface area is 89.9 Å². The first kappa shape index (κ1) is 10.7. The Morgan fingerprint density at radius 1 is 1.40 bits per heavy atom. The van der Waals surface area contributed by atoms with Crippen molar-refractivity contribution in [2.75, 3.05) is 13.7 Å². The van der Waals surface area contributed by atoms with E-state index in [4.69, 9.17) is 9.47 Å². The average Bonchev–Trinajstić information content (AvgIpc) is 2.76. The first-order chi connectivity index (χ1) is 7.13. The van der Waals surface area contributed by atoms with Crippen molar-refractivity contribution in [3.63, 3.8) is 0 Å². The number of carbonyl (C=O) groups is 1. The third kappa shape index (κ3) is 1.83. The molecule has 15 heavy (non-hydrogen) atoms. The van der Waals surface area contributed by atoms with E-state index >= 15 is 0 Å². The number of ether oxygens (including phenoxy) is 3. The van der Waals surface area contributed by atoms with Crippen molar-refractivity contribution >= 4 is 6.16 Å². The highest BCUT2D eigenvalue weighted by atomic mass is 16.7. The lowest BCUT2D eigenvalue weighted by atomic mass is 9.76. The summed E-state index contributed by atoms with van der Waals surface area (Å²) in [7, 11) is 1.32. The van der Waals surface area contributed by atoms with Gasteiger partial charge < -0.3 is 14.2 Å². The number of rotatable bonds is 2. The molecule has 2 rings (SSSR count). The zero-order chi connectivity index (χ0) is 11.0. The highest BCUT2D eigenvalue weighted by Gasteiger charge is 2.50. The zero-order valence-electron chi connectivity index (χ0n) is 9.43. The average molecular weight is 214 g/mol. The molecule has 2 saturated heterocycles. The van der Waals surface area contributed by atoms with Crippen LogP contribution in [-0.4, -0.2) is 32.1 Å². The van der Waals surface area contributed by atoms with Crippen molar-refractivity contribution < 1.29 is 19.0 Å². The van der Waals surface area contributed by atoms with Crippen LogP contribution in [0.3, 0.4) is 0 Å². The molecular formula is C11H18O4. The van der Waals surface area contributed by atoms with Crippen LogP contribution in [0.4, 0.5) is 4.79 Å². The first-order valence-electron chi connectivity index (χ1n) is 5.49. The second-order valence-corrected chi connectivity index (χ2v) is 4.62. The summed E-state index contributed by atoms with van der Waals surface area (Å²) in [6, 6.07) is 0. The van der Waals surface area contributed by atoms with E-state index in [0.29, 0.717) is 30.5 Å². The Kier molecular flexibility index (Phi) is 2.87. The number of fused-ring (bicyclic) bond motifs is 2. The van der Waals surface area contributed by atoms with Crippen molar-refractivity contribution in [2.45, 2.75) is 32.5 Å². The smallest absolute Gasteiger partial charge is 0.438 e. The Morgan fingerprint density at radius 2 is 2.13 bits per heavy atom. The van der Waals surface area contributed by atoms with Crippen LogP contribution in [0.15, 0.2) is 0 Å². The fraction of sp³-hybridized carbons (Fsp3) is 0.909. The SMILES string of the molecule is COC(=O)OCC1CC2OC1C(C)C2C. The van der Waals surface area contributed by atoms with Gasteiger partial charge in [0.2, 0.25) is 0 Å². The van der Waals surface area contributed by atoms with E-state index in [2.05, 4.69) is 18.6 Å². The van der Waals surface area contributed by atoms with Crippen LogP contribution in [0.25, 0.3) is 0 Å². The highest BCUT2D eigenvalue weighted by Crippen LogP contribution is 2.46. The molecule has 4 nitrogen and oxygen atoms in total. The third-order valence-corrected chi connectivity index (χ3v) is 3.85. The normalized spacial score (nSPS) is 43.0. The van der Waals surface area contributed by atoms with E-state index in [9.17, 15) is 4.79 Å². The molecule has 0 aromatic heterocycles. The lowest BCUT2D eigenvalue weighted by molar-refractivity contribution is 0.0324. The number of methoxy groups -OCH3 is 1. The van der Waals surface area contributed by atoms with Crippen LogP contribution in [0, 0.1) is 17.8 Å². The summed E-state index contributed by atoms with van der Waals surface area (Å²) < 4.78 is 15.2. The highest BCUT2D eigenvalue weighted by molar-refractivity contribution is 5.59. The molecule has 4 heteroatoms. The summed E-state index contributed by atoms with van der Waals surface area (Å²) in [5.41, 5.74) is 0. The molecule has 2 fully saturated rings. The molecule has 0 amide bonds. The van der Waals surface area contributed by atoms with Crippen molar-refractivity contribution in [2.24, 2.45) is 17.8 Å². The van der Waals surface area contributed by atoms with Gasteiger partial charge in [0.1, 0.15) is 6.61 Å². The maximum atomic E-state index is 10.8. The van der Waals surface area contributed by atoms with E-state index in [0.717, 1.165) is 6.42 Å². The van der Waals surface area contributed by atoms with Gasteiger partial charge in [0.25, 0.3) is 0 Å². The summed E-state index contributed by atoms with van der Waals surface area (Å²) in [6.45, 7) is 4.86. The summed E-state index contributed by atoms with van der Waals surface area (Å²) in [5.74, 6) is 1.54. The maximum absolute atomic E-state index is 10.8. The molecule has 5 unspecified atom stereocenters. The molecule has 2 aliphatic heterocycles. The van der Waals surface area contributed by atoms with E-state index < -0.39 is 6.16 Å². The van der Waals surface area contributed by atoms with Crippen LogP contribution in [-0.2, 0) is 14.2 Å². The predicted molar refractivity (Wildman–Crippen MR) is 53.5 cm³/mol. The van der Waals surface area contributed by atoms with Gasteiger partial charge in [-0.3, -0.25) is 0 Å². The Morgan fingerprint density at radius 3 is 2.67 bits per heavy atom. The molecule has 0 spiro atoms. The Bertz CT molecular complexity index is 251. The minimum absolute atomic E-state index is 0.259. The molecule has 2 bridgehead atoms. The van der Waals surface area contributed by atoms with Gasteiger partial charge in [-0.2, -0.15) is 0 Å². The molecular weight excluding hydrogens is 196 g/mol. The van der Waals surface area contributed by atoms with Gasteiger partial charge in [-0.1, -0.05) is 13.8 Å². The second-order valence-electron chi connectivity index (χ2n) is 4.62. The minimum atomic E-state index is -0.599. The van der Waals surface area contributed by atoms with E-state index in [1.165, 1.54) is 7.11 Å². The zero-order valence-corrected chi connectivity index (χ0v) is 9.43. The Balaban J connectivity index is 1.85. The quantitative estimate of drug-likeness (QED) is 0.658. The number of hydrogen-bond acceptors (Lipinski definition) is 4. The van der Waals surface area contributed by atoms with Crippen molar-refractivity contribution in [1.29, 1.82) is 0 Å². The molecule has 86 valence electrons. The molecule has 0 saturated carbocycles. The van der Waals surface area contributed by atoms with E-state index in [1.807, 2.05) is 0 Å². The Hall–Kier alpha value is -0.770. The largest absolute Gasteiger partial charge is 0.507 e. The third-order valence-electron chi connectivity index (χ3n) is 3.85. The fourth-order valence-electron chi connectivity index (χ4n) is 2.73. The molecule has 0 N–H and O–H groups in total. The molecule has 0 aromatic carbocycles. The van der Waals surface area contributed by atoms with Gasteiger partial charge >= 0.3 is 6.16 Å². The molecule has 2 heterocycles. The number of carbonyl (C=O) groups excluding carboxylic acids is 1.